The first-order valence-electron chi connectivity index (χ1n) is 10.5. The zero-order valence-corrected chi connectivity index (χ0v) is 17.6. The van der Waals surface area contributed by atoms with Gasteiger partial charge in [0.2, 0.25) is 0 Å². The summed E-state index contributed by atoms with van der Waals surface area (Å²) < 4.78 is 2.05. The van der Waals surface area contributed by atoms with E-state index in [1.807, 2.05) is 30.5 Å². The number of benzene rings is 1. The van der Waals surface area contributed by atoms with Gasteiger partial charge in [-0.15, -0.1) is 0 Å². The summed E-state index contributed by atoms with van der Waals surface area (Å²) >= 11 is 0. The smallest absolute Gasteiger partial charge is 0.292 e. The van der Waals surface area contributed by atoms with Crippen LogP contribution in [0.5, 0.6) is 0 Å². The quantitative estimate of drug-likeness (QED) is 0.580. The van der Waals surface area contributed by atoms with Crippen molar-refractivity contribution in [2.45, 2.75) is 58.0 Å². The molecule has 1 aliphatic rings. The molecule has 5 nitrogen and oxygen atoms in total. The summed E-state index contributed by atoms with van der Waals surface area (Å²) in [6.45, 7) is 4.72. The van der Waals surface area contributed by atoms with Gasteiger partial charge in [0, 0.05) is 35.7 Å². The van der Waals surface area contributed by atoms with E-state index in [1.165, 1.54) is 25.7 Å². The Labute approximate surface area is 168 Å². The van der Waals surface area contributed by atoms with Gasteiger partial charge in [-0.3, -0.25) is 9.59 Å². The molecule has 5 heteroatoms. The fraction of sp³-hybridized carbons (Fsp3) is 0.565. The summed E-state index contributed by atoms with van der Waals surface area (Å²) in [4.78, 5) is 27.5. The van der Waals surface area contributed by atoms with Crippen molar-refractivity contribution in [2.75, 3.05) is 20.6 Å². The fourth-order valence-corrected chi connectivity index (χ4v) is 4.36. The van der Waals surface area contributed by atoms with E-state index in [-0.39, 0.29) is 6.04 Å². The Bertz CT molecular complexity index is 829. The molecule has 0 aliphatic heterocycles. The third-order valence-corrected chi connectivity index (χ3v) is 6.13. The first kappa shape index (κ1) is 20.6. The molecule has 1 amide bonds. The second kappa shape index (κ2) is 8.91. The minimum absolute atomic E-state index is 0.229. The molecule has 2 aromatic rings. The molecule has 0 radical (unpaired) electrons. The van der Waals surface area contributed by atoms with E-state index in [2.05, 4.69) is 42.7 Å². The first-order chi connectivity index (χ1) is 13.4. The van der Waals surface area contributed by atoms with Crippen molar-refractivity contribution in [3.8, 4) is 0 Å². The predicted octanol–water partition coefficient (Wildman–Crippen LogP) is 4.03. The van der Waals surface area contributed by atoms with Crippen LogP contribution in [-0.2, 0) is 4.79 Å². The number of hydrogen-bond acceptors (Lipinski definition) is 3. The summed E-state index contributed by atoms with van der Waals surface area (Å²) in [7, 11) is 4.29. The molecule has 1 aromatic carbocycles. The van der Waals surface area contributed by atoms with Crippen molar-refractivity contribution >= 4 is 22.6 Å². The second-order valence-corrected chi connectivity index (χ2v) is 8.57. The van der Waals surface area contributed by atoms with E-state index in [1.54, 1.807) is 0 Å². The Morgan fingerprint density at radius 1 is 1.14 bits per heavy atom. The largest absolute Gasteiger partial charge is 0.349 e. The number of rotatable bonds is 7. The molecule has 152 valence electrons. The topological polar surface area (TPSA) is 54.3 Å². The zero-order valence-electron chi connectivity index (χ0n) is 17.6. The molecule has 28 heavy (non-hydrogen) atoms. The Morgan fingerprint density at radius 3 is 2.46 bits per heavy atom. The molecule has 1 aliphatic carbocycles. The predicted molar refractivity (Wildman–Crippen MR) is 114 cm³/mol. The van der Waals surface area contributed by atoms with Crippen molar-refractivity contribution in [1.82, 2.24) is 14.8 Å². The Balaban J connectivity index is 1.57. The highest BCUT2D eigenvalue weighted by Gasteiger charge is 2.24. The Morgan fingerprint density at radius 2 is 1.82 bits per heavy atom. The summed E-state index contributed by atoms with van der Waals surface area (Å²) in [5.41, 5.74) is 1.49. The van der Waals surface area contributed by atoms with Crippen LogP contribution in [0.25, 0.3) is 10.9 Å². The van der Waals surface area contributed by atoms with E-state index < -0.39 is 11.7 Å². The van der Waals surface area contributed by atoms with Gasteiger partial charge in [-0.2, -0.15) is 0 Å². The van der Waals surface area contributed by atoms with E-state index in [9.17, 15) is 9.59 Å². The molecule has 1 N–H and O–H groups in total. The van der Waals surface area contributed by atoms with Crippen LogP contribution in [0, 0.1) is 5.92 Å². The van der Waals surface area contributed by atoms with Gasteiger partial charge in [-0.25, -0.2) is 0 Å². The van der Waals surface area contributed by atoms with E-state index in [0.29, 0.717) is 24.1 Å². The average molecular weight is 384 g/mol. The van der Waals surface area contributed by atoms with Crippen molar-refractivity contribution in [3.05, 3.63) is 36.0 Å². The molecule has 0 bridgehead atoms. The molecule has 1 aromatic heterocycles. The lowest BCUT2D eigenvalue weighted by atomic mass is 9.84. The molecule has 0 saturated heterocycles. The van der Waals surface area contributed by atoms with Gasteiger partial charge in [0.15, 0.2) is 0 Å². The standard InChI is InChI=1S/C23H33N3O2/c1-16(2)26-15-20(19-7-5-6-8-21(19)26)22(27)23(28)24-14-13-17-9-11-18(12-10-17)25(3)4/h5-8,15-18H,9-14H2,1-4H3,(H,24,28). The summed E-state index contributed by atoms with van der Waals surface area (Å²) in [6, 6.07) is 8.69. The van der Waals surface area contributed by atoms with Gasteiger partial charge < -0.3 is 14.8 Å². The normalized spacial score (nSPS) is 20.1. The van der Waals surface area contributed by atoms with Crippen LogP contribution in [0.2, 0.25) is 0 Å². The van der Waals surface area contributed by atoms with Crippen molar-refractivity contribution in [3.63, 3.8) is 0 Å². The van der Waals surface area contributed by atoms with Crippen LogP contribution in [0.3, 0.4) is 0 Å². The number of ketones is 1. The van der Waals surface area contributed by atoms with Gasteiger partial charge in [0.25, 0.3) is 11.7 Å². The SMILES string of the molecule is CC(C)n1cc(C(=O)C(=O)NCCC2CCC(N(C)C)CC2)c2ccccc21. The maximum absolute atomic E-state index is 12.8. The van der Waals surface area contributed by atoms with Crippen LogP contribution in [0.15, 0.2) is 30.5 Å². The number of amides is 1. The molecule has 3 rings (SSSR count). The van der Waals surface area contributed by atoms with Crippen LogP contribution < -0.4 is 5.32 Å². The number of carbonyl (C=O) groups is 2. The molecule has 1 fully saturated rings. The third-order valence-electron chi connectivity index (χ3n) is 6.13. The van der Waals surface area contributed by atoms with Gasteiger partial charge in [-0.1, -0.05) is 18.2 Å². The molecule has 1 saturated carbocycles. The maximum Gasteiger partial charge on any atom is 0.292 e. The monoisotopic (exact) mass is 383 g/mol. The lowest BCUT2D eigenvalue weighted by molar-refractivity contribution is -0.117. The van der Waals surface area contributed by atoms with Gasteiger partial charge >= 0.3 is 0 Å². The van der Waals surface area contributed by atoms with Crippen LogP contribution >= 0.6 is 0 Å². The minimum atomic E-state index is -0.492. The number of para-hydroxylation sites is 1. The molecular formula is C23H33N3O2. The molecule has 0 unspecified atom stereocenters. The number of fused-ring (bicyclic) bond motifs is 1. The van der Waals surface area contributed by atoms with Crippen LogP contribution in [-0.4, -0.2) is 47.8 Å². The highest BCUT2D eigenvalue weighted by Crippen LogP contribution is 2.28. The summed E-state index contributed by atoms with van der Waals surface area (Å²) in [5, 5.41) is 3.70. The average Bonchev–Trinajstić information content (AvgIpc) is 3.07. The second-order valence-electron chi connectivity index (χ2n) is 8.57. The van der Waals surface area contributed by atoms with Gasteiger partial charge in [-0.05, 0) is 72.0 Å². The van der Waals surface area contributed by atoms with Crippen LogP contribution in [0.4, 0.5) is 0 Å². The van der Waals surface area contributed by atoms with Gasteiger partial charge in [0.05, 0.1) is 5.56 Å². The number of Topliss-reactive ketones (excluding diaryl/α,β-unsaturated/α-hetero) is 1. The van der Waals surface area contributed by atoms with E-state index in [4.69, 9.17) is 0 Å². The highest BCUT2D eigenvalue weighted by molar-refractivity contribution is 6.45. The van der Waals surface area contributed by atoms with Gasteiger partial charge in [0.1, 0.15) is 0 Å². The molecule has 0 atom stereocenters. The summed E-state index contributed by atoms with van der Waals surface area (Å²) in [5.74, 6) is -0.282. The maximum atomic E-state index is 12.8. The van der Waals surface area contributed by atoms with Crippen LogP contribution in [0.1, 0.15) is 62.4 Å². The highest BCUT2D eigenvalue weighted by atomic mass is 16.2. The minimum Gasteiger partial charge on any atom is -0.349 e. The molecule has 1 heterocycles. The van der Waals surface area contributed by atoms with E-state index >= 15 is 0 Å². The van der Waals surface area contributed by atoms with E-state index in [0.717, 1.165) is 17.3 Å². The van der Waals surface area contributed by atoms with Crippen molar-refractivity contribution < 1.29 is 9.59 Å². The number of hydrogen-bond donors (Lipinski definition) is 1. The Hall–Kier alpha value is -2.14. The molecular weight excluding hydrogens is 350 g/mol. The lowest BCUT2D eigenvalue weighted by Crippen LogP contribution is -2.35. The number of carbonyl (C=O) groups excluding carboxylic acids is 2. The first-order valence-corrected chi connectivity index (χ1v) is 10.5. The lowest BCUT2D eigenvalue weighted by Gasteiger charge is -2.32. The van der Waals surface area contributed by atoms with Crippen molar-refractivity contribution in [2.24, 2.45) is 5.92 Å². The van der Waals surface area contributed by atoms with Crippen molar-refractivity contribution in [1.29, 1.82) is 0 Å². The fourth-order valence-electron chi connectivity index (χ4n) is 4.36. The third kappa shape index (κ3) is 4.46. The zero-order chi connectivity index (χ0) is 20.3. The molecule has 0 spiro atoms. The number of nitrogens with one attached hydrogen (secondary N) is 1. The Kier molecular flexibility index (Phi) is 6.55. The summed E-state index contributed by atoms with van der Waals surface area (Å²) in [6.07, 6.45) is 7.62. The number of aromatic nitrogens is 1. The number of nitrogens with zero attached hydrogens (tertiary/aromatic N) is 2.